The number of anilines is 2. The Morgan fingerprint density at radius 2 is 1.95 bits per heavy atom. The number of rotatable bonds is 4. The number of nitrogens with one attached hydrogen (secondary N) is 1. The van der Waals surface area contributed by atoms with E-state index in [1.54, 1.807) is 12.1 Å². The third-order valence-corrected chi connectivity index (χ3v) is 3.73. The summed E-state index contributed by atoms with van der Waals surface area (Å²) in [5, 5.41) is 2.90. The Morgan fingerprint density at radius 1 is 1.32 bits per heavy atom. The average Bonchev–Trinajstić information content (AvgIpc) is 2.41. The van der Waals surface area contributed by atoms with Crippen LogP contribution in [0.2, 0.25) is 0 Å². The van der Waals surface area contributed by atoms with Crippen molar-refractivity contribution in [1.82, 2.24) is 4.90 Å². The number of hydrogen-bond acceptors (Lipinski definition) is 3. The Labute approximate surface area is 115 Å². The Hall–Kier alpha value is -1.55. The third kappa shape index (κ3) is 4.56. The maximum absolute atomic E-state index is 11.8. The number of carbonyl (C=O) groups excluding carboxylic acids is 1. The second kappa shape index (κ2) is 6.57. The molecule has 0 unspecified atom stereocenters. The number of likely N-dealkylation sites (tertiary alicyclic amines) is 1. The normalized spacial score (nSPS) is 17.3. The molecule has 104 valence electrons. The predicted molar refractivity (Wildman–Crippen MR) is 78.9 cm³/mol. The zero-order valence-electron chi connectivity index (χ0n) is 11.6. The topological polar surface area (TPSA) is 58.4 Å². The van der Waals surface area contributed by atoms with E-state index in [1.807, 2.05) is 12.1 Å². The van der Waals surface area contributed by atoms with Crippen molar-refractivity contribution in [2.75, 3.05) is 30.7 Å². The Kier molecular flexibility index (Phi) is 4.80. The lowest BCUT2D eigenvalue weighted by atomic mass is 9.99. The van der Waals surface area contributed by atoms with E-state index in [2.05, 4.69) is 17.1 Å². The van der Waals surface area contributed by atoms with E-state index < -0.39 is 0 Å². The van der Waals surface area contributed by atoms with Gasteiger partial charge in [-0.1, -0.05) is 6.92 Å². The lowest BCUT2D eigenvalue weighted by Crippen LogP contribution is -2.35. The molecular weight excluding hydrogens is 238 g/mol. The average molecular weight is 261 g/mol. The quantitative estimate of drug-likeness (QED) is 0.818. The molecule has 1 aromatic rings. The van der Waals surface area contributed by atoms with Gasteiger partial charge in [-0.2, -0.15) is 0 Å². The molecule has 1 heterocycles. The maximum Gasteiger partial charge on any atom is 0.225 e. The van der Waals surface area contributed by atoms with E-state index in [4.69, 9.17) is 5.73 Å². The molecule has 0 spiro atoms. The zero-order chi connectivity index (χ0) is 13.7. The molecule has 0 atom stereocenters. The third-order valence-electron chi connectivity index (χ3n) is 3.73. The Morgan fingerprint density at radius 3 is 2.58 bits per heavy atom. The van der Waals surface area contributed by atoms with E-state index in [1.165, 1.54) is 12.8 Å². The fourth-order valence-electron chi connectivity index (χ4n) is 2.34. The summed E-state index contributed by atoms with van der Waals surface area (Å²) in [4.78, 5) is 14.2. The number of hydrogen-bond donors (Lipinski definition) is 2. The Bertz CT molecular complexity index is 408. The SMILES string of the molecule is CC1CCN(CCC(=O)Nc2ccc(N)cc2)CC1. The number of nitrogen functional groups attached to an aromatic ring is 1. The van der Waals surface area contributed by atoms with Crippen molar-refractivity contribution in [2.24, 2.45) is 5.92 Å². The molecule has 2 rings (SSSR count). The van der Waals surface area contributed by atoms with Crippen LogP contribution >= 0.6 is 0 Å². The van der Waals surface area contributed by atoms with Crippen molar-refractivity contribution in [3.05, 3.63) is 24.3 Å². The van der Waals surface area contributed by atoms with Gasteiger partial charge in [0, 0.05) is 24.3 Å². The van der Waals surface area contributed by atoms with Crippen molar-refractivity contribution in [3.63, 3.8) is 0 Å². The maximum atomic E-state index is 11.8. The number of carbonyl (C=O) groups is 1. The summed E-state index contributed by atoms with van der Waals surface area (Å²) in [5.41, 5.74) is 7.13. The molecule has 4 heteroatoms. The number of amides is 1. The smallest absolute Gasteiger partial charge is 0.225 e. The summed E-state index contributed by atoms with van der Waals surface area (Å²) < 4.78 is 0. The van der Waals surface area contributed by atoms with Crippen LogP contribution in [0.15, 0.2) is 24.3 Å². The number of nitrogens with zero attached hydrogens (tertiary/aromatic N) is 1. The van der Waals surface area contributed by atoms with Gasteiger partial charge in [-0.15, -0.1) is 0 Å². The second-order valence-electron chi connectivity index (χ2n) is 5.44. The number of piperidine rings is 1. The Balaban J connectivity index is 1.71. The van der Waals surface area contributed by atoms with Crippen molar-refractivity contribution in [2.45, 2.75) is 26.2 Å². The molecule has 1 fully saturated rings. The summed E-state index contributed by atoms with van der Waals surface area (Å²) in [6.45, 7) is 5.39. The van der Waals surface area contributed by atoms with Gasteiger partial charge in [-0.3, -0.25) is 4.79 Å². The molecule has 1 aromatic carbocycles. The predicted octanol–water partition coefficient (Wildman–Crippen LogP) is 2.33. The molecule has 0 bridgehead atoms. The van der Waals surface area contributed by atoms with Crippen molar-refractivity contribution in [3.8, 4) is 0 Å². The van der Waals surface area contributed by atoms with Gasteiger partial charge < -0.3 is 16.0 Å². The summed E-state index contributed by atoms with van der Waals surface area (Å²) >= 11 is 0. The molecule has 1 saturated heterocycles. The summed E-state index contributed by atoms with van der Waals surface area (Å²) in [6.07, 6.45) is 3.05. The first kappa shape index (κ1) is 13.9. The summed E-state index contributed by atoms with van der Waals surface area (Å²) in [5.74, 6) is 0.906. The first-order valence-electron chi connectivity index (χ1n) is 7.01. The molecule has 0 radical (unpaired) electrons. The van der Waals surface area contributed by atoms with Crippen LogP contribution in [0, 0.1) is 5.92 Å². The zero-order valence-corrected chi connectivity index (χ0v) is 11.6. The molecule has 1 amide bonds. The molecule has 4 nitrogen and oxygen atoms in total. The molecule has 0 aromatic heterocycles. The molecule has 19 heavy (non-hydrogen) atoms. The van der Waals surface area contributed by atoms with Gasteiger partial charge in [-0.25, -0.2) is 0 Å². The second-order valence-corrected chi connectivity index (χ2v) is 5.44. The van der Waals surface area contributed by atoms with Crippen LogP contribution in [0.1, 0.15) is 26.2 Å². The van der Waals surface area contributed by atoms with Gasteiger partial charge in [-0.05, 0) is 56.1 Å². The minimum Gasteiger partial charge on any atom is -0.399 e. The highest BCUT2D eigenvalue weighted by Crippen LogP contribution is 2.16. The molecule has 1 aliphatic rings. The van der Waals surface area contributed by atoms with Gasteiger partial charge in [0.05, 0.1) is 0 Å². The van der Waals surface area contributed by atoms with Gasteiger partial charge in [0.2, 0.25) is 5.91 Å². The van der Waals surface area contributed by atoms with Crippen molar-refractivity contribution in [1.29, 1.82) is 0 Å². The fraction of sp³-hybridized carbons (Fsp3) is 0.533. The summed E-state index contributed by atoms with van der Waals surface area (Å²) in [7, 11) is 0. The fourth-order valence-corrected chi connectivity index (χ4v) is 2.34. The largest absolute Gasteiger partial charge is 0.399 e. The van der Waals surface area contributed by atoms with Gasteiger partial charge in [0.1, 0.15) is 0 Å². The van der Waals surface area contributed by atoms with E-state index in [9.17, 15) is 4.79 Å². The first-order chi connectivity index (χ1) is 9.13. The van der Waals surface area contributed by atoms with Crippen molar-refractivity contribution < 1.29 is 4.79 Å². The van der Waals surface area contributed by atoms with E-state index in [-0.39, 0.29) is 5.91 Å². The minimum absolute atomic E-state index is 0.0726. The van der Waals surface area contributed by atoms with Crippen LogP contribution in [0.3, 0.4) is 0 Å². The minimum atomic E-state index is 0.0726. The van der Waals surface area contributed by atoms with Crippen LogP contribution in [0.5, 0.6) is 0 Å². The standard InChI is InChI=1S/C15H23N3O/c1-12-6-9-18(10-7-12)11-8-15(19)17-14-4-2-13(16)3-5-14/h2-5,12H,6-11,16H2,1H3,(H,17,19). The van der Waals surface area contributed by atoms with Gasteiger partial charge in [0.25, 0.3) is 0 Å². The lowest BCUT2D eigenvalue weighted by molar-refractivity contribution is -0.116. The molecule has 0 aliphatic carbocycles. The highest BCUT2D eigenvalue weighted by Gasteiger charge is 2.16. The highest BCUT2D eigenvalue weighted by molar-refractivity contribution is 5.90. The van der Waals surface area contributed by atoms with Gasteiger partial charge >= 0.3 is 0 Å². The van der Waals surface area contributed by atoms with Crippen LogP contribution < -0.4 is 11.1 Å². The number of benzene rings is 1. The van der Waals surface area contributed by atoms with Gasteiger partial charge in [0.15, 0.2) is 0 Å². The molecule has 1 aliphatic heterocycles. The highest BCUT2D eigenvalue weighted by atomic mass is 16.1. The van der Waals surface area contributed by atoms with E-state index in [0.717, 1.165) is 31.2 Å². The van der Waals surface area contributed by atoms with Crippen LogP contribution in [0.4, 0.5) is 11.4 Å². The van der Waals surface area contributed by atoms with E-state index in [0.29, 0.717) is 12.1 Å². The monoisotopic (exact) mass is 261 g/mol. The molecule has 3 N–H and O–H groups in total. The number of nitrogens with two attached hydrogens (primary N) is 1. The lowest BCUT2D eigenvalue weighted by Gasteiger charge is -2.29. The van der Waals surface area contributed by atoms with Crippen LogP contribution in [-0.2, 0) is 4.79 Å². The van der Waals surface area contributed by atoms with Crippen LogP contribution in [0.25, 0.3) is 0 Å². The van der Waals surface area contributed by atoms with E-state index >= 15 is 0 Å². The van der Waals surface area contributed by atoms with Crippen LogP contribution in [-0.4, -0.2) is 30.4 Å². The molecule has 0 saturated carbocycles. The van der Waals surface area contributed by atoms with Crippen molar-refractivity contribution >= 4 is 17.3 Å². The summed E-state index contributed by atoms with van der Waals surface area (Å²) in [6, 6.07) is 7.24. The first-order valence-corrected chi connectivity index (χ1v) is 7.01. The molecular formula is C15H23N3O.